The van der Waals surface area contributed by atoms with Gasteiger partial charge in [0.1, 0.15) is 5.30 Å². The minimum atomic E-state index is -0.730. The molecule has 0 aliphatic carbocycles. The van der Waals surface area contributed by atoms with Crippen molar-refractivity contribution in [2.75, 3.05) is 0 Å². The van der Waals surface area contributed by atoms with E-state index in [9.17, 15) is 0 Å². The van der Waals surface area contributed by atoms with E-state index in [4.69, 9.17) is 0 Å². The molecule has 130 valence electrons. The maximum Gasteiger partial charge on any atom is 1.00 e. The molecule has 0 spiro atoms. The number of benzene rings is 2. The van der Waals surface area contributed by atoms with Crippen LogP contribution in [-0.2, 0) is 22.4 Å². The molecule has 0 N–H and O–H groups in total. The molecule has 0 bridgehead atoms. The molecule has 0 radical (unpaired) electrons. The summed E-state index contributed by atoms with van der Waals surface area (Å²) in [6.45, 7) is 14.4. The molecule has 0 heterocycles. The maximum atomic E-state index is 2.40. The van der Waals surface area contributed by atoms with Gasteiger partial charge in [0.15, 0.2) is 0 Å². The van der Waals surface area contributed by atoms with Crippen molar-refractivity contribution < 1.29 is 22.4 Å². The van der Waals surface area contributed by atoms with Gasteiger partial charge in [-0.2, -0.15) is 0 Å². The molecule has 2 heteroatoms. The van der Waals surface area contributed by atoms with E-state index in [1.807, 2.05) is 0 Å². The van der Waals surface area contributed by atoms with E-state index in [0.29, 0.717) is 10.3 Å². The molecule has 0 unspecified atom stereocenters. The maximum absolute atomic E-state index is 2.40. The zero-order valence-corrected chi connectivity index (χ0v) is 18.7. The molecule has 0 aliphatic rings. The average Bonchev–Trinajstić information content (AvgIpc) is 2.37. The summed E-state index contributed by atoms with van der Waals surface area (Å²) in [7, 11) is -0.730. The first-order chi connectivity index (χ1) is 9.71. The molecular formula is C21H31AuP+. The van der Waals surface area contributed by atoms with E-state index < -0.39 is 7.92 Å². The van der Waals surface area contributed by atoms with Crippen molar-refractivity contribution in [3.63, 3.8) is 0 Å². The Morgan fingerprint density at radius 1 is 0.652 bits per heavy atom. The average molecular weight is 511 g/mol. The minimum Gasteiger partial charge on any atom is -0.358 e. The van der Waals surface area contributed by atoms with Crippen LogP contribution in [0.3, 0.4) is 0 Å². The normalized spacial score (nSPS) is 11.6. The minimum absolute atomic E-state index is 0. The van der Waals surface area contributed by atoms with Crippen LogP contribution in [0, 0.1) is 7.43 Å². The van der Waals surface area contributed by atoms with Gasteiger partial charge in [0.2, 0.25) is 0 Å². The fourth-order valence-corrected chi connectivity index (χ4v) is 8.13. The van der Waals surface area contributed by atoms with Crippen molar-refractivity contribution in [3.8, 4) is 11.1 Å². The van der Waals surface area contributed by atoms with Crippen LogP contribution >= 0.6 is 7.92 Å². The van der Waals surface area contributed by atoms with Crippen LogP contribution in [0.1, 0.15) is 41.5 Å². The van der Waals surface area contributed by atoms with Gasteiger partial charge in [0.25, 0.3) is 0 Å². The first kappa shape index (κ1) is 22.6. The SMILES string of the molecule is CC(C)(C)[PH+](c1ccccc1-c1ccccc1)C(C)(C)C.[Au+].[CH3-]. The third-order valence-electron chi connectivity index (χ3n) is 3.78. The van der Waals surface area contributed by atoms with Crippen LogP contribution in [-0.4, -0.2) is 10.3 Å². The number of rotatable bonds is 2. The van der Waals surface area contributed by atoms with E-state index in [1.54, 1.807) is 5.30 Å². The van der Waals surface area contributed by atoms with E-state index in [0.717, 1.165) is 0 Å². The third kappa shape index (κ3) is 5.57. The predicted molar refractivity (Wildman–Crippen MR) is 106 cm³/mol. The summed E-state index contributed by atoms with van der Waals surface area (Å²) in [5, 5.41) is 2.22. The van der Waals surface area contributed by atoms with Crippen molar-refractivity contribution in [1.29, 1.82) is 0 Å². The summed E-state index contributed by atoms with van der Waals surface area (Å²) < 4.78 is 0. The molecule has 0 fully saturated rings. The summed E-state index contributed by atoms with van der Waals surface area (Å²) in [6, 6.07) is 19.8. The second kappa shape index (κ2) is 8.63. The Bertz CT molecular complexity index is 577. The smallest absolute Gasteiger partial charge is 0.358 e. The number of hydrogen-bond acceptors (Lipinski definition) is 0. The van der Waals surface area contributed by atoms with Crippen LogP contribution in [0.15, 0.2) is 54.6 Å². The van der Waals surface area contributed by atoms with Gasteiger partial charge in [-0.3, -0.25) is 0 Å². The van der Waals surface area contributed by atoms with Crippen LogP contribution in [0.5, 0.6) is 0 Å². The summed E-state index contributed by atoms with van der Waals surface area (Å²) in [5.74, 6) is 0. The quantitative estimate of drug-likeness (QED) is 0.255. The Morgan fingerprint density at radius 2 is 1.09 bits per heavy atom. The Morgan fingerprint density at radius 3 is 1.57 bits per heavy atom. The number of hydrogen-bond donors (Lipinski definition) is 0. The molecule has 0 aliphatic heterocycles. The fourth-order valence-electron chi connectivity index (χ4n) is 3.50. The van der Waals surface area contributed by atoms with E-state index in [2.05, 4.69) is 96.1 Å². The van der Waals surface area contributed by atoms with Crippen LogP contribution in [0.25, 0.3) is 11.1 Å². The molecular weight excluding hydrogens is 480 g/mol. The Hall–Kier alpha value is -0.390. The first-order valence-corrected chi connectivity index (χ1v) is 9.24. The molecule has 0 atom stereocenters. The molecule has 0 saturated carbocycles. The van der Waals surface area contributed by atoms with Gasteiger partial charge in [0.05, 0.1) is 10.3 Å². The zero-order chi connectivity index (χ0) is 15.7. The van der Waals surface area contributed by atoms with Gasteiger partial charge in [-0.25, -0.2) is 0 Å². The van der Waals surface area contributed by atoms with Gasteiger partial charge in [-0.15, -0.1) is 0 Å². The standard InChI is InChI=1S/C20H27P.CH3.Au/c1-19(2,3)21(20(4,5)6)18-15-11-10-14-17(18)16-12-8-7-9-13-16;;/h7-15H,1-6H3;1H3;/q;-1;+1/p+1. The molecule has 2 aromatic rings. The van der Waals surface area contributed by atoms with Crippen molar-refractivity contribution >= 4 is 13.2 Å². The summed E-state index contributed by atoms with van der Waals surface area (Å²) >= 11 is 0. The van der Waals surface area contributed by atoms with Crippen molar-refractivity contribution in [3.05, 3.63) is 62.0 Å². The third-order valence-corrected chi connectivity index (χ3v) is 7.76. The second-order valence-electron chi connectivity index (χ2n) is 7.79. The van der Waals surface area contributed by atoms with Crippen molar-refractivity contribution in [2.24, 2.45) is 0 Å². The monoisotopic (exact) mass is 511 g/mol. The van der Waals surface area contributed by atoms with E-state index in [1.165, 1.54) is 11.1 Å². The first-order valence-electron chi connectivity index (χ1n) is 7.74. The van der Waals surface area contributed by atoms with Gasteiger partial charge in [0, 0.05) is 13.5 Å². The largest absolute Gasteiger partial charge is 1.00 e. The van der Waals surface area contributed by atoms with Gasteiger partial charge >= 0.3 is 22.4 Å². The summed E-state index contributed by atoms with van der Waals surface area (Å²) in [6.07, 6.45) is 0. The Kier molecular flexibility index (Phi) is 8.49. The molecule has 0 nitrogen and oxygen atoms in total. The Labute approximate surface area is 160 Å². The van der Waals surface area contributed by atoms with Gasteiger partial charge in [-0.1, -0.05) is 48.5 Å². The van der Waals surface area contributed by atoms with Crippen molar-refractivity contribution in [1.82, 2.24) is 0 Å². The van der Waals surface area contributed by atoms with Crippen molar-refractivity contribution in [2.45, 2.75) is 51.9 Å². The molecule has 2 rings (SSSR count). The topological polar surface area (TPSA) is 0 Å². The van der Waals surface area contributed by atoms with E-state index >= 15 is 0 Å². The predicted octanol–water partition coefficient (Wildman–Crippen LogP) is 6.24. The molecule has 0 aromatic heterocycles. The molecule has 0 saturated heterocycles. The van der Waals surface area contributed by atoms with Gasteiger partial charge in [-0.05, 0) is 53.2 Å². The van der Waals surface area contributed by atoms with E-state index in [-0.39, 0.29) is 29.8 Å². The second-order valence-corrected chi connectivity index (χ2v) is 12.1. The summed E-state index contributed by atoms with van der Waals surface area (Å²) in [4.78, 5) is 0. The van der Waals surface area contributed by atoms with Gasteiger partial charge < -0.3 is 7.43 Å². The van der Waals surface area contributed by atoms with Crippen LogP contribution in [0.4, 0.5) is 0 Å². The van der Waals surface area contributed by atoms with Crippen LogP contribution in [0.2, 0.25) is 0 Å². The fraction of sp³-hybridized carbons (Fsp3) is 0.381. The molecule has 23 heavy (non-hydrogen) atoms. The Balaban J connectivity index is 0.00000242. The molecule has 0 amide bonds. The summed E-state index contributed by atoms with van der Waals surface area (Å²) in [5.41, 5.74) is 2.75. The van der Waals surface area contributed by atoms with Crippen LogP contribution < -0.4 is 5.30 Å². The molecule has 2 aromatic carbocycles. The zero-order valence-electron chi connectivity index (χ0n) is 15.5.